The molecule has 0 unspecified atom stereocenters. The van der Waals surface area contributed by atoms with Crippen LogP contribution in [0.2, 0.25) is 0 Å². The van der Waals surface area contributed by atoms with E-state index in [1.165, 1.54) is 18.2 Å². The fourth-order valence-electron chi connectivity index (χ4n) is 3.45. The van der Waals surface area contributed by atoms with E-state index in [1.54, 1.807) is 5.06 Å². The van der Waals surface area contributed by atoms with E-state index >= 15 is 0 Å². The highest BCUT2D eigenvalue weighted by atomic mass is 19.4. The highest BCUT2D eigenvalue weighted by Crippen LogP contribution is 2.32. The number of benzene rings is 1. The number of nitrogens with zero attached hydrogens (tertiary/aromatic N) is 2. The van der Waals surface area contributed by atoms with E-state index in [-0.39, 0.29) is 18.0 Å². The van der Waals surface area contributed by atoms with Crippen molar-refractivity contribution in [2.75, 3.05) is 6.54 Å². The molecule has 0 amide bonds. The summed E-state index contributed by atoms with van der Waals surface area (Å²) in [5.74, 6) is 0.420. The number of hydrogen-bond acceptors (Lipinski definition) is 4. The van der Waals surface area contributed by atoms with Gasteiger partial charge in [0.15, 0.2) is 0 Å². The molecule has 0 spiro atoms. The molecular formula is C21H22F6N2O2. The summed E-state index contributed by atoms with van der Waals surface area (Å²) in [7, 11) is 0. The fraction of sp³-hybridized carbons (Fsp3) is 0.476. The van der Waals surface area contributed by atoms with Gasteiger partial charge in [0, 0.05) is 37.7 Å². The average Bonchev–Trinajstić information content (AvgIpc) is 2.70. The minimum absolute atomic E-state index is 0.0659. The molecule has 1 aliphatic rings. The van der Waals surface area contributed by atoms with Gasteiger partial charge in [-0.15, -0.1) is 5.06 Å². The summed E-state index contributed by atoms with van der Waals surface area (Å²) in [5, 5.41) is 1.69. The molecule has 170 valence electrons. The summed E-state index contributed by atoms with van der Waals surface area (Å²) < 4.78 is 82.0. The first-order valence-electron chi connectivity index (χ1n) is 9.88. The maximum absolute atomic E-state index is 12.7. The lowest BCUT2D eigenvalue weighted by molar-refractivity contribution is -0.140. The van der Waals surface area contributed by atoms with Gasteiger partial charge in [-0.1, -0.05) is 13.3 Å². The van der Waals surface area contributed by atoms with Crippen LogP contribution in [0.25, 0.3) is 0 Å². The van der Waals surface area contributed by atoms with Crippen LogP contribution in [0.1, 0.15) is 43.7 Å². The SMILES string of the molecule is CCC[C@H]1C[C@@H](Oc2ccc(C(F)(F)F)cc2)CCN1Oc1ccc(C(F)(F)F)cn1. The average molecular weight is 448 g/mol. The maximum Gasteiger partial charge on any atom is 0.417 e. The van der Waals surface area contributed by atoms with Gasteiger partial charge in [0.1, 0.15) is 11.9 Å². The third kappa shape index (κ3) is 6.25. The smallest absolute Gasteiger partial charge is 0.417 e. The zero-order valence-electron chi connectivity index (χ0n) is 16.7. The van der Waals surface area contributed by atoms with Crippen LogP contribution in [0, 0.1) is 0 Å². The maximum atomic E-state index is 12.7. The molecule has 31 heavy (non-hydrogen) atoms. The van der Waals surface area contributed by atoms with Crippen LogP contribution in [0.3, 0.4) is 0 Å². The van der Waals surface area contributed by atoms with Crippen LogP contribution in [0.15, 0.2) is 42.6 Å². The van der Waals surface area contributed by atoms with Crippen molar-refractivity contribution >= 4 is 0 Å². The van der Waals surface area contributed by atoms with Gasteiger partial charge in [0.25, 0.3) is 0 Å². The van der Waals surface area contributed by atoms with Crippen molar-refractivity contribution in [2.24, 2.45) is 0 Å². The minimum atomic E-state index is -4.47. The molecule has 2 atom stereocenters. The first-order chi connectivity index (χ1) is 14.6. The first kappa shape index (κ1) is 23.2. The number of alkyl halides is 6. The molecule has 4 nitrogen and oxygen atoms in total. The second-order valence-corrected chi connectivity index (χ2v) is 7.34. The number of rotatable bonds is 6. The minimum Gasteiger partial charge on any atom is -0.490 e. The van der Waals surface area contributed by atoms with E-state index in [0.29, 0.717) is 25.1 Å². The van der Waals surface area contributed by atoms with Gasteiger partial charge < -0.3 is 9.57 Å². The van der Waals surface area contributed by atoms with Crippen LogP contribution in [0.5, 0.6) is 11.6 Å². The normalized spacial score (nSPS) is 20.5. The largest absolute Gasteiger partial charge is 0.490 e. The topological polar surface area (TPSA) is 34.6 Å². The molecule has 0 radical (unpaired) electrons. The van der Waals surface area contributed by atoms with Gasteiger partial charge in [-0.05, 0) is 36.8 Å². The Labute approximate surface area is 175 Å². The summed E-state index contributed by atoms with van der Waals surface area (Å²) >= 11 is 0. The summed E-state index contributed by atoms with van der Waals surface area (Å²) in [6.45, 7) is 2.44. The summed E-state index contributed by atoms with van der Waals surface area (Å²) in [4.78, 5) is 9.46. The zero-order chi connectivity index (χ0) is 22.6. The van der Waals surface area contributed by atoms with Gasteiger partial charge in [0.05, 0.1) is 11.1 Å². The van der Waals surface area contributed by atoms with E-state index in [9.17, 15) is 26.3 Å². The van der Waals surface area contributed by atoms with Gasteiger partial charge in [0.2, 0.25) is 5.88 Å². The third-order valence-corrected chi connectivity index (χ3v) is 4.99. The second kappa shape index (κ2) is 9.33. The molecule has 1 aromatic heterocycles. The van der Waals surface area contributed by atoms with E-state index in [0.717, 1.165) is 37.2 Å². The number of halogens is 6. The van der Waals surface area contributed by atoms with Crippen LogP contribution in [-0.4, -0.2) is 28.7 Å². The molecule has 1 aliphatic heterocycles. The van der Waals surface area contributed by atoms with E-state index in [2.05, 4.69) is 4.98 Å². The Bertz CT molecular complexity index is 837. The Hall–Kier alpha value is -2.49. The van der Waals surface area contributed by atoms with Crippen molar-refractivity contribution < 1.29 is 35.9 Å². The highest BCUT2D eigenvalue weighted by molar-refractivity contribution is 5.29. The van der Waals surface area contributed by atoms with Crippen molar-refractivity contribution in [3.8, 4) is 11.6 Å². The Balaban J connectivity index is 1.61. The van der Waals surface area contributed by atoms with Crippen LogP contribution in [0.4, 0.5) is 26.3 Å². The van der Waals surface area contributed by atoms with Crippen molar-refractivity contribution in [1.29, 1.82) is 0 Å². The number of hydrogen-bond donors (Lipinski definition) is 0. The molecule has 2 aromatic rings. The van der Waals surface area contributed by atoms with Gasteiger partial charge in [-0.2, -0.15) is 26.3 Å². The molecule has 3 rings (SSSR count). The zero-order valence-corrected chi connectivity index (χ0v) is 16.7. The monoisotopic (exact) mass is 448 g/mol. The van der Waals surface area contributed by atoms with Crippen LogP contribution >= 0.6 is 0 Å². The Morgan fingerprint density at radius 1 is 0.968 bits per heavy atom. The lowest BCUT2D eigenvalue weighted by Crippen LogP contribution is -2.47. The van der Waals surface area contributed by atoms with Crippen LogP contribution in [-0.2, 0) is 12.4 Å². The molecule has 0 saturated carbocycles. The summed E-state index contributed by atoms with van der Waals surface area (Å²) in [6, 6.07) is 6.58. The molecule has 1 saturated heterocycles. The predicted octanol–water partition coefficient (Wildman–Crippen LogP) is 6.13. The van der Waals surface area contributed by atoms with Gasteiger partial charge in [-0.3, -0.25) is 0 Å². The predicted molar refractivity (Wildman–Crippen MR) is 100 cm³/mol. The lowest BCUT2D eigenvalue weighted by atomic mass is 9.97. The van der Waals surface area contributed by atoms with Crippen molar-refractivity contribution in [1.82, 2.24) is 10.0 Å². The Morgan fingerprint density at radius 2 is 1.61 bits per heavy atom. The number of piperidine rings is 1. The van der Waals surface area contributed by atoms with Gasteiger partial charge in [-0.25, -0.2) is 4.98 Å². The van der Waals surface area contributed by atoms with E-state index < -0.39 is 23.5 Å². The number of hydroxylamine groups is 2. The quantitative estimate of drug-likeness (QED) is 0.499. The molecule has 1 fully saturated rings. The summed E-state index contributed by atoms with van der Waals surface area (Å²) in [6.07, 6.45) is -5.65. The molecular weight excluding hydrogens is 426 g/mol. The van der Waals surface area contributed by atoms with Crippen molar-refractivity contribution in [2.45, 2.75) is 57.1 Å². The fourth-order valence-corrected chi connectivity index (χ4v) is 3.45. The van der Waals surface area contributed by atoms with Crippen LogP contribution < -0.4 is 9.57 Å². The molecule has 2 heterocycles. The molecule has 10 heteroatoms. The molecule has 0 N–H and O–H groups in total. The van der Waals surface area contributed by atoms with Crippen molar-refractivity contribution in [3.05, 3.63) is 53.7 Å². The molecule has 1 aromatic carbocycles. The van der Waals surface area contributed by atoms with Crippen molar-refractivity contribution in [3.63, 3.8) is 0 Å². The highest BCUT2D eigenvalue weighted by Gasteiger charge is 2.33. The first-order valence-corrected chi connectivity index (χ1v) is 9.88. The Morgan fingerprint density at radius 3 is 2.16 bits per heavy atom. The summed E-state index contributed by atoms with van der Waals surface area (Å²) in [5.41, 5.74) is -1.59. The molecule has 0 bridgehead atoms. The number of pyridine rings is 1. The Kier molecular flexibility index (Phi) is 6.98. The van der Waals surface area contributed by atoms with Gasteiger partial charge >= 0.3 is 12.4 Å². The van der Waals surface area contributed by atoms with E-state index in [4.69, 9.17) is 9.57 Å². The second-order valence-electron chi connectivity index (χ2n) is 7.34. The number of ether oxygens (including phenoxy) is 1. The molecule has 0 aliphatic carbocycles. The number of aromatic nitrogens is 1. The third-order valence-electron chi connectivity index (χ3n) is 4.99. The standard InChI is InChI=1S/C21H22F6N2O2/c1-2-3-16-12-18(30-17-7-4-14(5-8-17)20(22,23)24)10-11-29(16)31-19-9-6-15(13-28-19)21(25,26)27/h4-9,13,16,18H,2-3,10-12H2,1H3/t16-,18-/m0/s1. The van der Waals surface area contributed by atoms with E-state index in [1.807, 2.05) is 6.92 Å². The lowest BCUT2D eigenvalue weighted by Gasteiger charge is -2.38.